The lowest BCUT2D eigenvalue weighted by molar-refractivity contribution is -0.319. The number of carbonyl (C=O) groups is 1. The third-order valence-corrected chi connectivity index (χ3v) is 3.46. The number of hydrogen-bond acceptors (Lipinski definition) is 4. The van der Waals surface area contributed by atoms with Gasteiger partial charge in [-0.15, -0.1) is 18.3 Å². The summed E-state index contributed by atoms with van der Waals surface area (Å²) >= 11 is 0. The Bertz CT molecular complexity index is 715. The minimum atomic E-state index is -4.92. The highest BCUT2D eigenvalue weighted by Crippen LogP contribution is 2.39. The van der Waals surface area contributed by atoms with Crippen LogP contribution >= 0.6 is 0 Å². The molecule has 2 heterocycles. The molecular formula is C14H11F4N3O2. The lowest BCUT2D eigenvalue weighted by Crippen LogP contribution is -2.21. The van der Waals surface area contributed by atoms with E-state index in [4.69, 9.17) is 0 Å². The van der Waals surface area contributed by atoms with Crippen molar-refractivity contribution in [2.45, 2.75) is 25.0 Å². The number of halogens is 4. The number of ketones is 1. The summed E-state index contributed by atoms with van der Waals surface area (Å²) in [4.78, 5) is 15.4. The van der Waals surface area contributed by atoms with E-state index in [1.54, 1.807) is 30.3 Å². The number of carbonyl (C=O) groups excluding carboxylic acids is 1. The lowest BCUT2D eigenvalue weighted by atomic mass is 10.0. The monoisotopic (exact) mass is 329 g/mol. The Balaban J connectivity index is 1.83. The van der Waals surface area contributed by atoms with Gasteiger partial charge in [-0.05, 0) is 5.56 Å². The number of ether oxygens (including phenoxy) is 1. The van der Waals surface area contributed by atoms with Crippen molar-refractivity contribution in [3.05, 3.63) is 47.5 Å². The molecule has 9 heteroatoms. The Morgan fingerprint density at radius 2 is 2.00 bits per heavy atom. The second kappa shape index (κ2) is 5.73. The Kier molecular flexibility index (Phi) is 3.88. The molecule has 1 aromatic heterocycles. The second-order valence-corrected chi connectivity index (χ2v) is 5.03. The van der Waals surface area contributed by atoms with Crippen LogP contribution in [-0.2, 0) is 4.74 Å². The van der Waals surface area contributed by atoms with Gasteiger partial charge in [0, 0.05) is 6.42 Å². The smallest absolute Gasteiger partial charge is 0.288 e. The first-order valence-corrected chi connectivity index (χ1v) is 6.74. The number of Topliss-reactive ketones (excluding diaryl/α,β-unsaturated/α-hetero) is 1. The second-order valence-electron chi connectivity index (χ2n) is 5.03. The Morgan fingerprint density at radius 1 is 1.30 bits per heavy atom. The zero-order valence-electron chi connectivity index (χ0n) is 11.6. The number of aromatic nitrogens is 3. The minimum Gasteiger partial charge on any atom is -0.288 e. The van der Waals surface area contributed by atoms with Gasteiger partial charge in [-0.1, -0.05) is 30.3 Å². The fourth-order valence-corrected chi connectivity index (χ4v) is 2.46. The van der Waals surface area contributed by atoms with Gasteiger partial charge < -0.3 is 0 Å². The zero-order valence-corrected chi connectivity index (χ0v) is 11.6. The average Bonchev–Trinajstić information content (AvgIpc) is 3.06. The summed E-state index contributed by atoms with van der Waals surface area (Å²) < 4.78 is 54.6. The van der Waals surface area contributed by atoms with E-state index < -0.39 is 36.8 Å². The van der Waals surface area contributed by atoms with Crippen LogP contribution < -0.4 is 0 Å². The quantitative estimate of drug-likeness (QED) is 0.639. The van der Waals surface area contributed by atoms with Crippen molar-refractivity contribution < 1.29 is 27.1 Å². The molecule has 0 radical (unpaired) electrons. The summed E-state index contributed by atoms with van der Waals surface area (Å²) in [6, 6.07) is 8.47. The zero-order chi connectivity index (χ0) is 16.6. The van der Waals surface area contributed by atoms with Crippen molar-refractivity contribution in [3.8, 4) is 0 Å². The Hall–Kier alpha value is -2.29. The van der Waals surface area contributed by atoms with Crippen molar-refractivity contribution >= 4 is 5.78 Å². The van der Waals surface area contributed by atoms with E-state index in [9.17, 15) is 22.4 Å². The molecule has 0 spiro atoms. The van der Waals surface area contributed by atoms with Gasteiger partial charge >= 0.3 is 6.36 Å². The van der Waals surface area contributed by atoms with Gasteiger partial charge in [0.25, 0.3) is 0 Å². The predicted octanol–water partition coefficient (Wildman–Crippen LogP) is 3.00. The molecule has 0 saturated carbocycles. The van der Waals surface area contributed by atoms with Gasteiger partial charge in [-0.3, -0.25) is 9.53 Å². The van der Waals surface area contributed by atoms with E-state index in [1.165, 1.54) is 4.68 Å². The molecule has 1 aromatic carbocycles. The molecule has 0 bridgehead atoms. The van der Waals surface area contributed by atoms with Crippen LogP contribution in [0.25, 0.3) is 0 Å². The molecule has 0 N–H and O–H groups in total. The molecule has 1 aliphatic rings. The van der Waals surface area contributed by atoms with E-state index >= 15 is 0 Å². The van der Waals surface area contributed by atoms with Gasteiger partial charge in [0.15, 0.2) is 12.0 Å². The van der Waals surface area contributed by atoms with Crippen molar-refractivity contribution in [1.29, 1.82) is 0 Å². The maximum absolute atomic E-state index is 14.1. The maximum Gasteiger partial charge on any atom is 0.522 e. The van der Waals surface area contributed by atoms with Crippen LogP contribution in [0.4, 0.5) is 17.6 Å². The normalized spacial score (nSPS) is 20.5. The largest absolute Gasteiger partial charge is 0.522 e. The summed E-state index contributed by atoms with van der Waals surface area (Å²) in [5.74, 6) is -1.59. The van der Waals surface area contributed by atoms with Crippen LogP contribution in [0.15, 0.2) is 30.3 Å². The number of rotatable bonds is 4. The van der Waals surface area contributed by atoms with Gasteiger partial charge in [0.2, 0.25) is 11.6 Å². The molecule has 0 aliphatic carbocycles. The molecule has 23 heavy (non-hydrogen) atoms. The third-order valence-electron chi connectivity index (χ3n) is 3.46. The molecule has 5 nitrogen and oxygen atoms in total. The molecule has 0 fully saturated rings. The molecule has 0 saturated heterocycles. The summed E-state index contributed by atoms with van der Waals surface area (Å²) in [5.41, 5.74) is 0.782. The van der Waals surface area contributed by atoms with E-state index in [0.717, 1.165) is 5.56 Å². The molecule has 2 atom stereocenters. The molecule has 2 aromatic rings. The highest BCUT2D eigenvalue weighted by molar-refractivity contribution is 5.93. The lowest BCUT2D eigenvalue weighted by Gasteiger charge is -2.11. The van der Waals surface area contributed by atoms with E-state index in [2.05, 4.69) is 14.8 Å². The van der Waals surface area contributed by atoms with Gasteiger partial charge in [0.05, 0.1) is 6.04 Å². The average molecular weight is 329 g/mol. The SMILES string of the molecule is O=C(COC(F)(F)F)c1nc2n(n1)[C@H](c1ccccc1)C[C@@H]2F. The minimum absolute atomic E-state index is 0.0609. The first kappa shape index (κ1) is 15.6. The molecule has 3 rings (SSSR count). The van der Waals surface area contributed by atoms with Crippen LogP contribution in [0.3, 0.4) is 0 Å². The summed E-state index contributed by atoms with van der Waals surface area (Å²) in [7, 11) is 0. The number of fused-ring (bicyclic) bond motifs is 1. The van der Waals surface area contributed by atoms with E-state index in [1.807, 2.05) is 0 Å². The molecule has 0 unspecified atom stereocenters. The summed E-state index contributed by atoms with van der Waals surface area (Å²) in [6.45, 7) is -1.24. The topological polar surface area (TPSA) is 57.0 Å². The van der Waals surface area contributed by atoms with Crippen molar-refractivity contribution in [1.82, 2.24) is 14.8 Å². The number of alkyl halides is 4. The highest BCUT2D eigenvalue weighted by atomic mass is 19.4. The van der Waals surface area contributed by atoms with Crippen LogP contribution in [-0.4, -0.2) is 33.5 Å². The first-order chi connectivity index (χ1) is 10.8. The first-order valence-electron chi connectivity index (χ1n) is 6.74. The van der Waals surface area contributed by atoms with Crippen LogP contribution in [0.2, 0.25) is 0 Å². The Labute approximate surface area is 127 Å². The van der Waals surface area contributed by atoms with Gasteiger partial charge in [0.1, 0.15) is 6.61 Å². The number of hydrogen-bond donors (Lipinski definition) is 0. The van der Waals surface area contributed by atoms with Crippen LogP contribution in [0.5, 0.6) is 0 Å². The fourth-order valence-electron chi connectivity index (χ4n) is 2.46. The standard InChI is InChI=1S/C14H11F4N3O2/c15-9-6-10(8-4-2-1-3-5-8)21-13(9)19-12(20-21)11(22)7-23-14(16,17)18/h1-5,9-10H,6-7H2/t9-,10-/m0/s1. The highest BCUT2D eigenvalue weighted by Gasteiger charge is 2.37. The Morgan fingerprint density at radius 3 is 2.65 bits per heavy atom. The molecule has 122 valence electrons. The van der Waals surface area contributed by atoms with Crippen molar-refractivity contribution in [3.63, 3.8) is 0 Å². The fraction of sp³-hybridized carbons (Fsp3) is 0.357. The molecular weight excluding hydrogens is 318 g/mol. The molecule has 1 aliphatic heterocycles. The summed E-state index contributed by atoms with van der Waals surface area (Å²) in [6.07, 6.45) is -6.24. The molecule has 0 amide bonds. The van der Waals surface area contributed by atoms with Gasteiger partial charge in [-0.2, -0.15) is 0 Å². The van der Waals surface area contributed by atoms with E-state index in [-0.39, 0.29) is 12.2 Å². The van der Waals surface area contributed by atoms with Crippen molar-refractivity contribution in [2.75, 3.05) is 6.61 Å². The summed E-state index contributed by atoms with van der Waals surface area (Å²) in [5, 5.41) is 3.87. The predicted molar refractivity (Wildman–Crippen MR) is 69.4 cm³/mol. The van der Waals surface area contributed by atoms with Crippen LogP contribution in [0.1, 0.15) is 40.6 Å². The van der Waals surface area contributed by atoms with Crippen molar-refractivity contribution in [2.24, 2.45) is 0 Å². The number of benzene rings is 1. The third kappa shape index (κ3) is 3.24. The van der Waals surface area contributed by atoms with Crippen LogP contribution in [0, 0.1) is 0 Å². The number of nitrogens with zero attached hydrogens (tertiary/aromatic N) is 3. The van der Waals surface area contributed by atoms with E-state index in [0.29, 0.717) is 0 Å². The van der Waals surface area contributed by atoms with Gasteiger partial charge in [-0.25, -0.2) is 14.1 Å². The maximum atomic E-state index is 14.1.